The zero-order chi connectivity index (χ0) is 22.5. The first-order valence-corrected chi connectivity index (χ1v) is 10.2. The van der Waals surface area contributed by atoms with Crippen LogP contribution in [0.4, 0.5) is 5.82 Å². The SMILES string of the molecule is COc1cc(C(=O)N2CCN(c3cc(OC(C)C)nc(C)n3)CC2)cc(OC)c1OC. The van der Waals surface area contributed by atoms with Gasteiger partial charge in [0.1, 0.15) is 11.6 Å². The molecule has 168 valence electrons. The van der Waals surface area contributed by atoms with Crippen LogP contribution in [0.25, 0.3) is 0 Å². The highest BCUT2D eigenvalue weighted by Crippen LogP contribution is 2.38. The molecule has 1 fully saturated rings. The Morgan fingerprint density at radius 3 is 2.06 bits per heavy atom. The van der Waals surface area contributed by atoms with E-state index in [4.69, 9.17) is 18.9 Å². The van der Waals surface area contributed by atoms with Crippen molar-refractivity contribution in [2.75, 3.05) is 52.4 Å². The van der Waals surface area contributed by atoms with Crippen LogP contribution in [0.2, 0.25) is 0 Å². The van der Waals surface area contributed by atoms with Gasteiger partial charge >= 0.3 is 0 Å². The van der Waals surface area contributed by atoms with Crippen molar-refractivity contribution in [2.45, 2.75) is 26.9 Å². The molecule has 1 aliphatic rings. The maximum atomic E-state index is 13.1. The van der Waals surface area contributed by atoms with Gasteiger partial charge in [0.05, 0.1) is 27.4 Å². The third-order valence-corrected chi connectivity index (χ3v) is 4.96. The quantitative estimate of drug-likeness (QED) is 0.663. The molecule has 0 spiro atoms. The van der Waals surface area contributed by atoms with Crippen molar-refractivity contribution in [1.29, 1.82) is 0 Å². The van der Waals surface area contributed by atoms with Gasteiger partial charge in [-0.05, 0) is 32.9 Å². The Morgan fingerprint density at radius 1 is 0.935 bits per heavy atom. The maximum absolute atomic E-state index is 13.1. The van der Waals surface area contributed by atoms with Gasteiger partial charge in [-0.3, -0.25) is 4.79 Å². The van der Waals surface area contributed by atoms with E-state index in [0.29, 0.717) is 60.7 Å². The Hall–Kier alpha value is -3.23. The number of nitrogens with zero attached hydrogens (tertiary/aromatic N) is 4. The number of amides is 1. The van der Waals surface area contributed by atoms with Crippen molar-refractivity contribution < 1.29 is 23.7 Å². The first kappa shape index (κ1) is 22.5. The summed E-state index contributed by atoms with van der Waals surface area (Å²) in [4.78, 5) is 26.0. The predicted octanol–water partition coefficient (Wildman–Crippen LogP) is 2.56. The summed E-state index contributed by atoms with van der Waals surface area (Å²) < 4.78 is 21.8. The van der Waals surface area contributed by atoms with E-state index in [-0.39, 0.29) is 12.0 Å². The summed E-state index contributed by atoms with van der Waals surface area (Å²) in [5, 5.41) is 0. The van der Waals surface area contributed by atoms with Crippen molar-refractivity contribution in [3.63, 3.8) is 0 Å². The van der Waals surface area contributed by atoms with Crippen molar-refractivity contribution in [3.05, 3.63) is 29.6 Å². The molecule has 2 aromatic rings. The average molecular weight is 431 g/mol. The molecule has 1 aromatic carbocycles. The third-order valence-electron chi connectivity index (χ3n) is 4.96. The van der Waals surface area contributed by atoms with E-state index < -0.39 is 0 Å². The van der Waals surface area contributed by atoms with Gasteiger partial charge in [-0.15, -0.1) is 0 Å². The second-order valence-electron chi connectivity index (χ2n) is 7.47. The number of hydrogen-bond acceptors (Lipinski definition) is 8. The maximum Gasteiger partial charge on any atom is 0.254 e. The fourth-order valence-corrected chi connectivity index (χ4v) is 3.51. The van der Waals surface area contributed by atoms with Gasteiger partial charge in [0.2, 0.25) is 11.6 Å². The minimum absolute atomic E-state index is 0.0371. The van der Waals surface area contributed by atoms with E-state index in [1.54, 1.807) is 12.1 Å². The van der Waals surface area contributed by atoms with Crippen LogP contribution in [0.5, 0.6) is 23.1 Å². The lowest BCUT2D eigenvalue weighted by atomic mass is 10.1. The van der Waals surface area contributed by atoms with E-state index in [2.05, 4.69) is 14.9 Å². The monoisotopic (exact) mass is 430 g/mol. The summed E-state index contributed by atoms with van der Waals surface area (Å²) in [7, 11) is 4.60. The van der Waals surface area contributed by atoms with E-state index in [1.165, 1.54) is 21.3 Å². The number of hydrogen-bond donors (Lipinski definition) is 0. The summed E-state index contributed by atoms with van der Waals surface area (Å²) in [5.41, 5.74) is 0.494. The molecule has 1 aromatic heterocycles. The number of carbonyl (C=O) groups excluding carboxylic acids is 1. The molecule has 0 atom stereocenters. The second kappa shape index (κ2) is 9.72. The second-order valence-corrected chi connectivity index (χ2v) is 7.47. The topological polar surface area (TPSA) is 86.3 Å². The molecule has 1 amide bonds. The molecule has 1 aliphatic heterocycles. The molecular weight excluding hydrogens is 400 g/mol. The Bertz CT molecular complexity index is 901. The van der Waals surface area contributed by atoms with Crippen molar-refractivity contribution in [3.8, 4) is 23.1 Å². The summed E-state index contributed by atoms with van der Waals surface area (Å²) in [6, 6.07) is 5.21. The zero-order valence-corrected chi connectivity index (χ0v) is 19.0. The fraction of sp³-hybridized carbons (Fsp3) is 0.500. The molecule has 0 saturated carbocycles. The van der Waals surface area contributed by atoms with E-state index in [1.807, 2.05) is 31.7 Å². The first-order valence-electron chi connectivity index (χ1n) is 10.2. The molecule has 0 radical (unpaired) electrons. The van der Waals surface area contributed by atoms with Gasteiger partial charge in [0.25, 0.3) is 5.91 Å². The van der Waals surface area contributed by atoms with Crippen LogP contribution in [0.15, 0.2) is 18.2 Å². The molecule has 0 aliphatic carbocycles. The number of aromatic nitrogens is 2. The van der Waals surface area contributed by atoms with Crippen LogP contribution in [0.1, 0.15) is 30.0 Å². The number of benzene rings is 1. The van der Waals surface area contributed by atoms with Crippen LogP contribution < -0.4 is 23.8 Å². The third kappa shape index (κ3) is 5.10. The molecule has 2 heterocycles. The van der Waals surface area contributed by atoms with E-state index in [9.17, 15) is 4.79 Å². The Kier molecular flexibility index (Phi) is 7.04. The summed E-state index contributed by atoms with van der Waals surface area (Å²) in [6.07, 6.45) is 0.0371. The van der Waals surface area contributed by atoms with Crippen LogP contribution in [-0.4, -0.2) is 74.4 Å². The Labute approximate surface area is 182 Å². The van der Waals surface area contributed by atoms with Gasteiger partial charge in [-0.1, -0.05) is 0 Å². The molecule has 9 nitrogen and oxygen atoms in total. The van der Waals surface area contributed by atoms with Crippen LogP contribution in [0.3, 0.4) is 0 Å². The van der Waals surface area contributed by atoms with Crippen molar-refractivity contribution in [1.82, 2.24) is 14.9 Å². The number of methoxy groups -OCH3 is 3. The largest absolute Gasteiger partial charge is 0.493 e. The number of rotatable bonds is 7. The number of carbonyl (C=O) groups is 1. The number of aryl methyl sites for hydroxylation is 1. The highest BCUT2D eigenvalue weighted by Gasteiger charge is 2.25. The predicted molar refractivity (Wildman–Crippen MR) is 117 cm³/mol. The normalized spacial score (nSPS) is 13.9. The minimum Gasteiger partial charge on any atom is -0.493 e. The van der Waals surface area contributed by atoms with E-state index >= 15 is 0 Å². The molecule has 0 N–H and O–H groups in total. The summed E-state index contributed by atoms with van der Waals surface area (Å²) in [6.45, 7) is 8.23. The van der Waals surface area contributed by atoms with E-state index in [0.717, 1.165) is 5.82 Å². The lowest BCUT2D eigenvalue weighted by Crippen LogP contribution is -2.49. The highest BCUT2D eigenvalue weighted by atomic mass is 16.5. The van der Waals surface area contributed by atoms with Gasteiger partial charge in [-0.25, -0.2) is 4.98 Å². The van der Waals surface area contributed by atoms with Gasteiger partial charge in [0, 0.05) is 37.8 Å². The van der Waals surface area contributed by atoms with Gasteiger partial charge < -0.3 is 28.7 Å². The molecule has 31 heavy (non-hydrogen) atoms. The van der Waals surface area contributed by atoms with Gasteiger partial charge in [-0.2, -0.15) is 4.98 Å². The lowest BCUT2D eigenvalue weighted by molar-refractivity contribution is 0.0745. The average Bonchev–Trinajstić information content (AvgIpc) is 2.76. The molecule has 9 heteroatoms. The fourth-order valence-electron chi connectivity index (χ4n) is 3.51. The Morgan fingerprint density at radius 2 is 1.55 bits per heavy atom. The Balaban J connectivity index is 1.73. The van der Waals surface area contributed by atoms with Crippen LogP contribution in [0, 0.1) is 6.92 Å². The standard InChI is InChI=1S/C22H30N4O5/c1-14(2)31-20-13-19(23-15(3)24-20)25-7-9-26(10-8-25)22(27)16-11-17(28-4)21(30-6)18(12-16)29-5/h11-14H,7-10H2,1-6H3. The number of anilines is 1. The molecule has 3 rings (SSSR count). The molecule has 0 unspecified atom stereocenters. The minimum atomic E-state index is -0.0819. The molecular formula is C22H30N4O5. The molecule has 0 bridgehead atoms. The summed E-state index contributed by atoms with van der Waals surface area (Å²) >= 11 is 0. The zero-order valence-electron chi connectivity index (χ0n) is 19.0. The van der Waals surface area contributed by atoms with Crippen LogP contribution in [-0.2, 0) is 0 Å². The summed E-state index contributed by atoms with van der Waals surface area (Å²) in [5.74, 6) is 3.32. The van der Waals surface area contributed by atoms with Crippen molar-refractivity contribution in [2.24, 2.45) is 0 Å². The number of piperazine rings is 1. The van der Waals surface area contributed by atoms with Crippen LogP contribution >= 0.6 is 0 Å². The highest BCUT2D eigenvalue weighted by molar-refractivity contribution is 5.95. The van der Waals surface area contributed by atoms with Gasteiger partial charge in [0.15, 0.2) is 11.5 Å². The smallest absolute Gasteiger partial charge is 0.254 e. The number of ether oxygens (including phenoxy) is 4. The first-order chi connectivity index (χ1) is 14.9. The molecule has 1 saturated heterocycles. The van der Waals surface area contributed by atoms with Crippen molar-refractivity contribution >= 4 is 11.7 Å². The lowest BCUT2D eigenvalue weighted by Gasteiger charge is -2.35.